The molecule has 0 heterocycles. The van der Waals surface area contributed by atoms with E-state index in [0.717, 1.165) is 0 Å². The first kappa shape index (κ1) is 14.7. The maximum Gasteiger partial charge on any atom is 0.344 e. The number of benzene rings is 1. The number of aliphatic carboxylic acids is 1. The van der Waals surface area contributed by atoms with E-state index in [9.17, 15) is 19.5 Å². The van der Waals surface area contributed by atoms with Gasteiger partial charge in [-0.1, -0.05) is 30.3 Å². The molecular weight excluding hydrogens is 250 g/mol. The summed E-state index contributed by atoms with van der Waals surface area (Å²) in [6.07, 6.45) is 0.00866. The molecule has 1 aromatic rings. The van der Waals surface area contributed by atoms with Crippen LogP contribution < -0.4 is 5.32 Å². The lowest BCUT2D eigenvalue weighted by Crippen LogP contribution is -2.60. The zero-order valence-electron chi connectivity index (χ0n) is 10.5. The fraction of sp³-hybridized carbons (Fsp3) is 0.308. The number of amides is 1. The van der Waals surface area contributed by atoms with Crippen LogP contribution in [0.2, 0.25) is 0 Å². The molecule has 0 unspecified atom stereocenters. The molecule has 0 aliphatic rings. The Morgan fingerprint density at radius 2 is 2.00 bits per heavy atom. The molecule has 0 bridgehead atoms. The van der Waals surface area contributed by atoms with Gasteiger partial charge in [0.25, 0.3) is 0 Å². The van der Waals surface area contributed by atoms with Crippen LogP contribution in [0, 0.1) is 0 Å². The average molecular weight is 265 g/mol. The molecule has 2 N–H and O–H groups in total. The third-order valence-corrected chi connectivity index (χ3v) is 2.61. The Labute approximate surface area is 110 Å². The number of esters is 1. The van der Waals surface area contributed by atoms with E-state index in [2.05, 4.69) is 5.32 Å². The Bertz CT molecular complexity index is 459. The van der Waals surface area contributed by atoms with Gasteiger partial charge in [-0.05, 0) is 12.5 Å². The first-order valence-corrected chi connectivity index (χ1v) is 5.72. The summed E-state index contributed by atoms with van der Waals surface area (Å²) in [7, 11) is 0. The molecule has 0 aliphatic heterocycles. The van der Waals surface area contributed by atoms with Gasteiger partial charge in [-0.3, -0.25) is 4.79 Å². The standard InChI is InChI=1S/C13H15NO5/c1-2-19-12(18)13(11(16)17,14-9-15)8-10-6-4-3-5-7-10/h3-7,9H,2,8H2,1H3,(H,14,15)(H,16,17)/t13-/m0/s1. The second-order valence-corrected chi connectivity index (χ2v) is 3.86. The average Bonchev–Trinajstić information content (AvgIpc) is 2.39. The quantitative estimate of drug-likeness (QED) is 0.422. The van der Waals surface area contributed by atoms with E-state index < -0.39 is 17.5 Å². The Hall–Kier alpha value is -2.37. The molecule has 6 heteroatoms. The van der Waals surface area contributed by atoms with Gasteiger partial charge < -0.3 is 15.2 Å². The minimum Gasteiger partial charge on any atom is -0.479 e. The lowest BCUT2D eigenvalue weighted by Gasteiger charge is -2.26. The van der Waals surface area contributed by atoms with Gasteiger partial charge in [-0.15, -0.1) is 0 Å². The molecule has 1 rings (SSSR count). The molecule has 102 valence electrons. The van der Waals surface area contributed by atoms with Crippen molar-refractivity contribution in [3.8, 4) is 0 Å². The van der Waals surface area contributed by atoms with E-state index in [4.69, 9.17) is 4.74 Å². The van der Waals surface area contributed by atoms with Crippen LogP contribution in [0.1, 0.15) is 12.5 Å². The highest BCUT2D eigenvalue weighted by molar-refractivity contribution is 6.06. The van der Waals surface area contributed by atoms with E-state index in [0.29, 0.717) is 5.56 Å². The second-order valence-electron chi connectivity index (χ2n) is 3.86. The summed E-state index contributed by atoms with van der Waals surface area (Å²) in [5, 5.41) is 11.4. The highest BCUT2D eigenvalue weighted by Crippen LogP contribution is 2.16. The van der Waals surface area contributed by atoms with Crippen molar-refractivity contribution in [1.82, 2.24) is 5.32 Å². The highest BCUT2D eigenvalue weighted by Gasteiger charge is 2.47. The van der Waals surface area contributed by atoms with Crippen molar-refractivity contribution in [2.75, 3.05) is 6.61 Å². The summed E-state index contributed by atoms with van der Waals surface area (Å²) in [4.78, 5) is 33.9. The summed E-state index contributed by atoms with van der Waals surface area (Å²) in [6, 6.07) is 8.54. The molecule has 0 aliphatic carbocycles. The molecule has 0 aromatic heterocycles. The molecule has 1 amide bonds. The van der Waals surface area contributed by atoms with Crippen molar-refractivity contribution in [3.05, 3.63) is 35.9 Å². The topological polar surface area (TPSA) is 92.7 Å². The maximum atomic E-state index is 11.9. The smallest absolute Gasteiger partial charge is 0.344 e. The minimum atomic E-state index is -2.10. The van der Waals surface area contributed by atoms with Crippen LogP contribution in [0.4, 0.5) is 0 Å². The third kappa shape index (κ3) is 3.31. The lowest BCUT2D eigenvalue weighted by molar-refractivity contribution is -0.163. The van der Waals surface area contributed by atoms with Gasteiger partial charge in [0.15, 0.2) is 0 Å². The van der Waals surface area contributed by atoms with Crippen molar-refractivity contribution in [3.63, 3.8) is 0 Å². The van der Waals surface area contributed by atoms with Gasteiger partial charge in [0.2, 0.25) is 11.9 Å². The number of nitrogens with one attached hydrogen (secondary N) is 1. The first-order valence-electron chi connectivity index (χ1n) is 5.72. The first-order chi connectivity index (χ1) is 9.06. The molecule has 1 atom stereocenters. The Morgan fingerprint density at radius 1 is 1.37 bits per heavy atom. The van der Waals surface area contributed by atoms with Crippen LogP contribution in [0.5, 0.6) is 0 Å². The fourth-order valence-corrected chi connectivity index (χ4v) is 1.66. The molecule has 0 radical (unpaired) electrons. The third-order valence-electron chi connectivity index (χ3n) is 2.61. The Balaban J connectivity index is 3.12. The monoisotopic (exact) mass is 265 g/mol. The van der Waals surface area contributed by atoms with Gasteiger partial charge in [-0.2, -0.15) is 0 Å². The van der Waals surface area contributed by atoms with E-state index in [1.165, 1.54) is 0 Å². The predicted molar refractivity (Wildman–Crippen MR) is 66.3 cm³/mol. The zero-order valence-corrected chi connectivity index (χ0v) is 10.5. The van der Waals surface area contributed by atoms with Gasteiger partial charge in [0.1, 0.15) is 0 Å². The van der Waals surface area contributed by atoms with Crippen molar-refractivity contribution in [2.24, 2.45) is 0 Å². The van der Waals surface area contributed by atoms with Gasteiger partial charge in [-0.25, -0.2) is 9.59 Å². The van der Waals surface area contributed by atoms with Crippen molar-refractivity contribution in [1.29, 1.82) is 0 Å². The molecule has 19 heavy (non-hydrogen) atoms. The number of hydrogen-bond donors (Lipinski definition) is 2. The van der Waals surface area contributed by atoms with Crippen LogP contribution >= 0.6 is 0 Å². The zero-order chi connectivity index (χ0) is 14.3. The van der Waals surface area contributed by atoms with Crippen LogP contribution in [0.15, 0.2) is 30.3 Å². The van der Waals surface area contributed by atoms with E-state index in [-0.39, 0.29) is 19.4 Å². The summed E-state index contributed by atoms with van der Waals surface area (Å²) < 4.78 is 4.75. The molecule has 1 aromatic carbocycles. The fourth-order valence-electron chi connectivity index (χ4n) is 1.66. The number of carboxylic acids is 1. The number of ether oxygens (including phenoxy) is 1. The van der Waals surface area contributed by atoms with E-state index >= 15 is 0 Å². The highest BCUT2D eigenvalue weighted by atomic mass is 16.5. The van der Waals surface area contributed by atoms with E-state index in [1.807, 2.05) is 0 Å². The van der Waals surface area contributed by atoms with Crippen LogP contribution in [0.25, 0.3) is 0 Å². The summed E-state index contributed by atoms with van der Waals surface area (Å²) in [5.41, 5.74) is -1.49. The van der Waals surface area contributed by atoms with Crippen molar-refractivity contribution < 1.29 is 24.2 Å². The maximum absolute atomic E-state index is 11.9. The number of carbonyl (C=O) groups is 3. The number of hydrogen-bond acceptors (Lipinski definition) is 4. The van der Waals surface area contributed by atoms with Crippen LogP contribution in [-0.4, -0.2) is 35.6 Å². The van der Waals surface area contributed by atoms with Gasteiger partial charge in [0.05, 0.1) is 6.61 Å². The summed E-state index contributed by atoms with van der Waals surface area (Å²) in [5.74, 6) is -2.44. The molecule has 0 spiro atoms. The summed E-state index contributed by atoms with van der Waals surface area (Å²) >= 11 is 0. The predicted octanol–water partition coefficient (Wildman–Crippen LogP) is 0.362. The van der Waals surface area contributed by atoms with Crippen LogP contribution in [0.3, 0.4) is 0 Å². The number of carbonyl (C=O) groups excluding carboxylic acids is 2. The summed E-state index contributed by atoms with van der Waals surface area (Å²) in [6.45, 7) is 1.59. The molecular formula is C13H15NO5. The van der Waals surface area contributed by atoms with Gasteiger partial charge >= 0.3 is 11.9 Å². The molecule has 0 saturated carbocycles. The largest absolute Gasteiger partial charge is 0.479 e. The SMILES string of the molecule is CCOC(=O)[C@@](Cc1ccccc1)(NC=O)C(=O)O. The molecule has 0 saturated heterocycles. The van der Waals surface area contributed by atoms with E-state index in [1.54, 1.807) is 37.3 Å². The van der Waals surface area contributed by atoms with Gasteiger partial charge in [0, 0.05) is 6.42 Å². The second kappa shape index (κ2) is 6.53. The van der Waals surface area contributed by atoms with Crippen molar-refractivity contribution in [2.45, 2.75) is 18.9 Å². The molecule has 6 nitrogen and oxygen atoms in total. The Morgan fingerprint density at radius 3 is 2.47 bits per heavy atom. The molecule has 0 fully saturated rings. The van der Waals surface area contributed by atoms with Crippen molar-refractivity contribution >= 4 is 18.3 Å². The normalized spacial score (nSPS) is 13.1. The number of rotatable bonds is 7. The Kier molecular flexibility index (Phi) is 5.05. The number of carboxylic acid groups (broad SMARTS) is 1. The lowest BCUT2D eigenvalue weighted by atomic mass is 9.91. The van der Waals surface area contributed by atoms with Crippen LogP contribution in [-0.2, 0) is 25.5 Å². The minimum absolute atomic E-state index is 0.0309.